The molecule has 1 unspecified atom stereocenters. The Morgan fingerprint density at radius 2 is 2.20 bits per heavy atom. The standard InChI is InChI=1S/C19H20BrN3O4S3/c1-27-10-9-22-14-7-6-13(20)12-16(14)29-19(22)21-18(24)15-4-2-8-23(15)30(25,26)17-5-3-11-28-17/h3,5-7,11-12,15H,2,4,8-10H2,1H3. The van der Waals surface area contributed by atoms with E-state index in [-0.39, 0.29) is 4.21 Å². The summed E-state index contributed by atoms with van der Waals surface area (Å²) in [5.74, 6) is -0.426. The predicted octanol–water partition coefficient (Wildman–Crippen LogP) is 3.45. The summed E-state index contributed by atoms with van der Waals surface area (Å²) in [7, 11) is -2.07. The van der Waals surface area contributed by atoms with Crippen molar-refractivity contribution in [1.82, 2.24) is 8.87 Å². The van der Waals surface area contributed by atoms with Crippen LogP contribution in [0.1, 0.15) is 12.8 Å². The highest BCUT2D eigenvalue weighted by Crippen LogP contribution is 2.29. The smallest absolute Gasteiger partial charge is 0.266 e. The van der Waals surface area contributed by atoms with Gasteiger partial charge in [-0.05, 0) is 42.5 Å². The van der Waals surface area contributed by atoms with Gasteiger partial charge in [0.2, 0.25) is 0 Å². The topological polar surface area (TPSA) is 81.0 Å². The number of sulfonamides is 1. The number of fused-ring (bicyclic) bond motifs is 1. The number of thiophene rings is 1. The van der Waals surface area contributed by atoms with Crippen LogP contribution in [-0.2, 0) is 26.1 Å². The molecule has 30 heavy (non-hydrogen) atoms. The number of nitrogens with zero attached hydrogens (tertiary/aromatic N) is 3. The van der Waals surface area contributed by atoms with Crippen LogP contribution in [0.15, 0.2) is 49.4 Å². The van der Waals surface area contributed by atoms with Gasteiger partial charge in [0, 0.05) is 24.7 Å². The largest absolute Gasteiger partial charge is 0.383 e. The Hall–Kier alpha value is -1.37. The van der Waals surface area contributed by atoms with Crippen LogP contribution in [0.3, 0.4) is 0 Å². The molecule has 3 aromatic rings. The van der Waals surface area contributed by atoms with Crippen molar-refractivity contribution in [2.45, 2.75) is 29.6 Å². The molecule has 2 aromatic heterocycles. The van der Waals surface area contributed by atoms with Crippen LogP contribution in [0.25, 0.3) is 10.2 Å². The summed E-state index contributed by atoms with van der Waals surface area (Å²) in [4.78, 5) is 18.0. The molecule has 0 radical (unpaired) electrons. The Bertz CT molecular complexity index is 1230. The van der Waals surface area contributed by atoms with Crippen LogP contribution in [0.4, 0.5) is 0 Å². The van der Waals surface area contributed by atoms with Gasteiger partial charge >= 0.3 is 0 Å². The molecule has 1 atom stereocenters. The van der Waals surface area contributed by atoms with Gasteiger partial charge in [0.05, 0.1) is 16.8 Å². The fourth-order valence-corrected chi connectivity index (χ4v) is 7.88. The number of hydrogen-bond acceptors (Lipinski definition) is 6. The fraction of sp³-hybridized carbons (Fsp3) is 0.368. The van der Waals surface area contributed by atoms with Gasteiger partial charge in [0.1, 0.15) is 10.3 Å². The number of carbonyl (C=O) groups excluding carboxylic acids is 1. The lowest BCUT2D eigenvalue weighted by Crippen LogP contribution is -2.40. The van der Waals surface area contributed by atoms with Crippen LogP contribution in [-0.4, -0.2) is 49.5 Å². The molecule has 4 rings (SSSR count). The van der Waals surface area contributed by atoms with Gasteiger partial charge in [0.15, 0.2) is 4.80 Å². The first-order chi connectivity index (χ1) is 14.4. The molecule has 1 amide bonds. The molecule has 0 aliphatic carbocycles. The lowest BCUT2D eigenvalue weighted by atomic mass is 10.2. The fourth-order valence-electron chi connectivity index (χ4n) is 3.50. The number of methoxy groups -OCH3 is 1. The molecule has 1 fully saturated rings. The summed E-state index contributed by atoms with van der Waals surface area (Å²) in [5.41, 5.74) is 0.960. The lowest BCUT2D eigenvalue weighted by molar-refractivity contribution is -0.121. The maximum Gasteiger partial charge on any atom is 0.266 e. The van der Waals surface area contributed by atoms with E-state index in [9.17, 15) is 13.2 Å². The van der Waals surface area contributed by atoms with Crippen LogP contribution >= 0.6 is 38.6 Å². The van der Waals surface area contributed by atoms with Gasteiger partial charge in [-0.15, -0.1) is 11.3 Å². The summed E-state index contributed by atoms with van der Waals surface area (Å²) in [6.07, 6.45) is 1.11. The Balaban J connectivity index is 1.72. The Morgan fingerprint density at radius 1 is 1.37 bits per heavy atom. The molecular weight excluding hydrogens is 510 g/mol. The molecule has 1 aliphatic heterocycles. The highest BCUT2D eigenvalue weighted by molar-refractivity contribution is 9.10. The van der Waals surface area contributed by atoms with E-state index >= 15 is 0 Å². The van der Waals surface area contributed by atoms with Crippen molar-refractivity contribution >= 4 is 64.8 Å². The average molecular weight is 530 g/mol. The van der Waals surface area contributed by atoms with Crippen LogP contribution in [0.2, 0.25) is 0 Å². The molecule has 1 aliphatic rings. The van der Waals surface area contributed by atoms with Crippen LogP contribution < -0.4 is 4.80 Å². The number of aromatic nitrogens is 1. The van der Waals surface area contributed by atoms with Gasteiger partial charge in [-0.1, -0.05) is 33.3 Å². The third-order valence-corrected chi connectivity index (χ3v) is 9.73. The van der Waals surface area contributed by atoms with E-state index in [1.165, 1.54) is 15.6 Å². The Labute approximate surface area is 190 Å². The molecule has 3 heterocycles. The Morgan fingerprint density at radius 3 is 2.93 bits per heavy atom. The number of carbonyl (C=O) groups is 1. The van der Waals surface area contributed by atoms with Crippen molar-refractivity contribution in [3.05, 3.63) is 45.0 Å². The van der Waals surface area contributed by atoms with Gasteiger partial charge in [-0.2, -0.15) is 9.30 Å². The van der Waals surface area contributed by atoms with Crippen molar-refractivity contribution < 1.29 is 17.9 Å². The molecule has 1 saturated heterocycles. The van der Waals surface area contributed by atoms with E-state index in [4.69, 9.17) is 4.74 Å². The van der Waals surface area contributed by atoms with Crippen molar-refractivity contribution in [1.29, 1.82) is 0 Å². The van der Waals surface area contributed by atoms with E-state index < -0.39 is 22.0 Å². The summed E-state index contributed by atoms with van der Waals surface area (Å²) in [6, 6.07) is 8.39. The molecular formula is C19H20BrN3O4S3. The molecule has 0 bridgehead atoms. The van der Waals surface area contributed by atoms with E-state index in [1.54, 1.807) is 24.6 Å². The monoisotopic (exact) mass is 529 g/mol. The summed E-state index contributed by atoms with van der Waals surface area (Å²) in [6.45, 7) is 1.35. The summed E-state index contributed by atoms with van der Waals surface area (Å²) in [5, 5.41) is 1.72. The van der Waals surface area contributed by atoms with Crippen molar-refractivity contribution in [2.75, 3.05) is 20.3 Å². The quantitative estimate of drug-likeness (QED) is 0.489. The molecule has 1 aromatic carbocycles. The zero-order valence-corrected chi connectivity index (χ0v) is 20.2. The minimum absolute atomic E-state index is 0.254. The molecule has 0 N–H and O–H groups in total. The third kappa shape index (κ3) is 4.19. The first-order valence-electron chi connectivity index (χ1n) is 9.33. The first-order valence-corrected chi connectivity index (χ1v) is 13.3. The lowest BCUT2D eigenvalue weighted by Gasteiger charge is -2.20. The number of halogens is 1. The number of amides is 1. The summed E-state index contributed by atoms with van der Waals surface area (Å²) >= 11 is 6.04. The maximum absolute atomic E-state index is 13.1. The second-order valence-electron chi connectivity index (χ2n) is 6.80. The second kappa shape index (κ2) is 9.01. The minimum atomic E-state index is -3.69. The highest BCUT2D eigenvalue weighted by atomic mass is 79.9. The highest BCUT2D eigenvalue weighted by Gasteiger charge is 2.39. The number of benzene rings is 1. The number of thiazole rings is 1. The average Bonchev–Trinajstić information content (AvgIpc) is 3.45. The SMILES string of the molecule is COCCn1c(=NC(=O)C2CCCN2S(=O)(=O)c2cccs2)sc2cc(Br)ccc21. The minimum Gasteiger partial charge on any atom is -0.383 e. The maximum atomic E-state index is 13.1. The number of rotatable bonds is 6. The second-order valence-corrected chi connectivity index (χ2v) is 11.8. The molecule has 160 valence electrons. The molecule has 11 heteroatoms. The normalized spacial score (nSPS) is 18.5. The zero-order valence-electron chi connectivity index (χ0n) is 16.2. The summed E-state index contributed by atoms with van der Waals surface area (Å²) < 4.78 is 36.6. The third-order valence-electron chi connectivity index (χ3n) is 4.92. The van der Waals surface area contributed by atoms with E-state index in [1.807, 2.05) is 22.8 Å². The Kier molecular flexibility index (Phi) is 6.56. The van der Waals surface area contributed by atoms with Gasteiger partial charge in [-0.3, -0.25) is 4.79 Å². The zero-order chi connectivity index (χ0) is 21.3. The van der Waals surface area contributed by atoms with E-state index in [2.05, 4.69) is 20.9 Å². The molecule has 0 saturated carbocycles. The molecule has 0 spiro atoms. The van der Waals surface area contributed by atoms with E-state index in [0.717, 1.165) is 26.0 Å². The van der Waals surface area contributed by atoms with Gasteiger partial charge in [0.25, 0.3) is 15.9 Å². The number of hydrogen-bond donors (Lipinski definition) is 0. The predicted molar refractivity (Wildman–Crippen MR) is 121 cm³/mol. The van der Waals surface area contributed by atoms with Crippen LogP contribution in [0, 0.1) is 0 Å². The van der Waals surface area contributed by atoms with Gasteiger partial charge in [-0.25, -0.2) is 8.42 Å². The van der Waals surface area contributed by atoms with Crippen LogP contribution in [0.5, 0.6) is 0 Å². The first kappa shape index (κ1) is 21.8. The van der Waals surface area contributed by atoms with Crippen molar-refractivity contribution in [2.24, 2.45) is 4.99 Å². The van der Waals surface area contributed by atoms with Crippen molar-refractivity contribution in [3.63, 3.8) is 0 Å². The van der Waals surface area contributed by atoms with Gasteiger partial charge < -0.3 is 9.30 Å². The molecule has 7 nitrogen and oxygen atoms in total. The van der Waals surface area contributed by atoms with Crippen molar-refractivity contribution in [3.8, 4) is 0 Å². The van der Waals surface area contributed by atoms with E-state index in [0.29, 0.717) is 37.3 Å². The number of ether oxygens (including phenoxy) is 1.